The Morgan fingerprint density at radius 1 is 1.16 bits per heavy atom. The Morgan fingerprint density at radius 3 is 2.58 bits per heavy atom. The fourth-order valence-corrected chi connectivity index (χ4v) is 3.79. The molecule has 1 unspecified atom stereocenters. The van der Waals surface area contributed by atoms with Crippen molar-refractivity contribution in [2.75, 3.05) is 51.3 Å². The topological polar surface area (TPSA) is 101 Å². The minimum absolute atomic E-state index is 0.0846. The number of benzene rings is 2. The summed E-state index contributed by atoms with van der Waals surface area (Å²) in [7, 11) is 1.66. The van der Waals surface area contributed by atoms with Gasteiger partial charge in [-0.1, -0.05) is 12.1 Å². The third-order valence-corrected chi connectivity index (χ3v) is 5.46. The first-order valence-corrected chi connectivity index (χ1v) is 10.3. The van der Waals surface area contributed by atoms with E-state index < -0.39 is 12.0 Å². The molecule has 0 radical (unpaired) electrons. The summed E-state index contributed by atoms with van der Waals surface area (Å²) in [5.74, 6) is 0.785. The third-order valence-electron chi connectivity index (χ3n) is 5.46. The van der Waals surface area contributed by atoms with Gasteiger partial charge in [-0.25, -0.2) is 0 Å². The van der Waals surface area contributed by atoms with Gasteiger partial charge in [-0.05, 0) is 36.4 Å². The Bertz CT molecular complexity index is 1030. The van der Waals surface area contributed by atoms with E-state index in [-0.39, 0.29) is 12.4 Å². The van der Waals surface area contributed by atoms with Crippen molar-refractivity contribution in [3.63, 3.8) is 0 Å². The van der Waals surface area contributed by atoms with E-state index in [0.717, 1.165) is 37.3 Å². The van der Waals surface area contributed by atoms with Crippen LogP contribution < -0.4 is 20.1 Å². The molecular formula is C23H27N3O5. The first-order valence-electron chi connectivity index (χ1n) is 10.3. The Labute approximate surface area is 180 Å². The van der Waals surface area contributed by atoms with E-state index in [2.05, 4.69) is 21.9 Å². The van der Waals surface area contributed by atoms with E-state index in [1.54, 1.807) is 19.2 Å². The maximum Gasteiger partial charge on any atom is 0.284 e. The number of para-hydroxylation sites is 1. The molecule has 2 heterocycles. The molecule has 1 atom stereocenters. The Morgan fingerprint density at radius 2 is 1.90 bits per heavy atom. The number of nitrogens with two attached hydrogens (primary N) is 1. The molecule has 1 aromatic heterocycles. The number of carbonyl (C=O) groups excluding carboxylic acids is 1. The highest BCUT2D eigenvalue weighted by atomic mass is 16.5. The number of carbonyl (C=O) groups is 1. The number of hydrogen-bond donors (Lipinski definition) is 2. The molecule has 1 aliphatic rings. The first-order chi connectivity index (χ1) is 15.0. The third kappa shape index (κ3) is 4.92. The van der Waals surface area contributed by atoms with Crippen LogP contribution in [-0.4, -0.2) is 68.5 Å². The van der Waals surface area contributed by atoms with E-state index >= 15 is 0 Å². The molecule has 1 saturated heterocycles. The van der Waals surface area contributed by atoms with Crippen LogP contribution in [0.15, 0.2) is 52.9 Å². The van der Waals surface area contributed by atoms with Gasteiger partial charge in [-0.2, -0.15) is 0 Å². The number of piperazine rings is 1. The molecule has 1 amide bonds. The van der Waals surface area contributed by atoms with Crippen molar-refractivity contribution in [1.29, 1.82) is 0 Å². The van der Waals surface area contributed by atoms with Gasteiger partial charge in [-0.15, -0.1) is 0 Å². The van der Waals surface area contributed by atoms with Gasteiger partial charge >= 0.3 is 0 Å². The zero-order valence-corrected chi connectivity index (χ0v) is 17.5. The number of hydrogen-bond acceptors (Lipinski definition) is 7. The molecule has 3 aromatic rings. The smallest absolute Gasteiger partial charge is 0.284 e. The molecule has 2 aromatic carbocycles. The van der Waals surface area contributed by atoms with Gasteiger partial charge in [0.25, 0.3) is 5.91 Å². The van der Waals surface area contributed by atoms with Gasteiger partial charge < -0.3 is 29.6 Å². The number of aliphatic hydroxyl groups is 1. The molecule has 0 spiro atoms. The number of amides is 1. The minimum Gasteiger partial charge on any atom is -0.497 e. The molecule has 164 valence electrons. The number of anilines is 1. The lowest BCUT2D eigenvalue weighted by molar-refractivity contribution is 0.0664. The first kappa shape index (κ1) is 21.0. The molecule has 4 rings (SSSR count). The number of β-amino-alcohol motifs (C(OH)–C–C–N with tert-alkyl or cyclic N) is 1. The van der Waals surface area contributed by atoms with E-state index in [4.69, 9.17) is 19.6 Å². The molecule has 8 nitrogen and oxygen atoms in total. The molecule has 3 N–H and O–H groups in total. The average molecular weight is 425 g/mol. The number of methoxy groups -OCH3 is 1. The Balaban J connectivity index is 1.27. The van der Waals surface area contributed by atoms with Crippen LogP contribution in [0.25, 0.3) is 11.0 Å². The summed E-state index contributed by atoms with van der Waals surface area (Å²) in [6, 6.07) is 15.0. The fourth-order valence-electron chi connectivity index (χ4n) is 3.79. The number of primary amides is 1. The second-order valence-electron chi connectivity index (χ2n) is 7.60. The van der Waals surface area contributed by atoms with Crippen molar-refractivity contribution >= 4 is 22.6 Å². The highest BCUT2D eigenvalue weighted by molar-refractivity contribution is 5.96. The SMILES string of the molecule is COc1ccc(N2CCN(CC(O)COc3cccc4cc(C(N)=O)oc34)CC2)cc1. The summed E-state index contributed by atoms with van der Waals surface area (Å²) in [6.07, 6.45) is -0.645. The largest absolute Gasteiger partial charge is 0.497 e. The van der Waals surface area contributed by atoms with Crippen LogP contribution >= 0.6 is 0 Å². The van der Waals surface area contributed by atoms with Crippen LogP contribution in [0.3, 0.4) is 0 Å². The van der Waals surface area contributed by atoms with Gasteiger partial charge in [-0.3, -0.25) is 9.69 Å². The van der Waals surface area contributed by atoms with E-state index in [1.165, 1.54) is 5.69 Å². The normalized spacial score (nSPS) is 15.7. The predicted octanol–water partition coefficient (Wildman–Crippen LogP) is 2.10. The Hall–Kier alpha value is -3.23. The van der Waals surface area contributed by atoms with Crippen molar-refractivity contribution in [2.45, 2.75) is 6.10 Å². The average Bonchev–Trinajstić information content (AvgIpc) is 3.24. The number of nitrogens with zero attached hydrogens (tertiary/aromatic N) is 2. The van der Waals surface area contributed by atoms with Gasteiger partial charge in [0.1, 0.15) is 18.5 Å². The summed E-state index contributed by atoms with van der Waals surface area (Å²) >= 11 is 0. The van der Waals surface area contributed by atoms with Crippen LogP contribution in [0.1, 0.15) is 10.6 Å². The van der Waals surface area contributed by atoms with Crippen LogP contribution in [-0.2, 0) is 0 Å². The van der Waals surface area contributed by atoms with Crippen molar-refractivity contribution in [3.05, 3.63) is 54.3 Å². The van der Waals surface area contributed by atoms with Crippen LogP contribution in [0.5, 0.6) is 11.5 Å². The molecule has 0 saturated carbocycles. The maximum atomic E-state index is 11.3. The summed E-state index contributed by atoms with van der Waals surface area (Å²) in [6.45, 7) is 4.15. The van der Waals surface area contributed by atoms with E-state index in [1.807, 2.05) is 24.3 Å². The van der Waals surface area contributed by atoms with Crippen LogP contribution in [0.4, 0.5) is 5.69 Å². The summed E-state index contributed by atoms with van der Waals surface area (Å²) < 4.78 is 16.5. The lowest BCUT2D eigenvalue weighted by Crippen LogP contribution is -2.49. The van der Waals surface area contributed by atoms with Gasteiger partial charge in [0.2, 0.25) is 0 Å². The van der Waals surface area contributed by atoms with Gasteiger partial charge in [0.15, 0.2) is 17.1 Å². The van der Waals surface area contributed by atoms with Crippen molar-refractivity contribution in [2.24, 2.45) is 5.73 Å². The van der Waals surface area contributed by atoms with Crippen LogP contribution in [0, 0.1) is 0 Å². The number of furan rings is 1. The van der Waals surface area contributed by atoms with E-state index in [9.17, 15) is 9.90 Å². The number of rotatable bonds is 8. The summed E-state index contributed by atoms with van der Waals surface area (Å²) in [4.78, 5) is 15.9. The number of ether oxygens (including phenoxy) is 2. The highest BCUT2D eigenvalue weighted by Crippen LogP contribution is 2.29. The Kier molecular flexibility index (Phi) is 6.29. The molecule has 0 aliphatic carbocycles. The van der Waals surface area contributed by atoms with Crippen molar-refractivity contribution in [1.82, 2.24) is 4.90 Å². The van der Waals surface area contributed by atoms with Crippen molar-refractivity contribution in [3.8, 4) is 11.5 Å². The van der Waals surface area contributed by atoms with E-state index in [0.29, 0.717) is 17.9 Å². The second-order valence-corrected chi connectivity index (χ2v) is 7.60. The maximum absolute atomic E-state index is 11.3. The quantitative estimate of drug-likeness (QED) is 0.570. The molecule has 1 aliphatic heterocycles. The zero-order valence-electron chi connectivity index (χ0n) is 17.5. The summed E-state index contributed by atoms with van der Waals surface area (Å²) in [5.41, 5.74) is 6.91. The standard InChI is InChI=1S/C23H27N3O5/c1-29-19-7-5-17(6-8-19)26-11-9-25(10-12-26)14-18(27)15-30-20-4-2-3-16-13-21(23(24)28)31-22(16)20/h2-8,13,18,27H,9-12,14-15H2,1H3,(H2,24,28). The van der Waals surface area contributed by atoms with Gasteiger partial charge in [0, 0.05) is 43.8 Å². The minimum atomic E-state index is -0.645. The lowest BCUT2D eigenvalue weighted by atomic mass is 10.2. The number of fused-ring (bicyclic) bond motifs is 1. The highest BCUT2D eigenvalue weighted by Gasteiger charge is 2.20. The number of aliphatic hydroxyl groups excluding tert-OH is 1. The van der Waals surface area contributed by atoms with Gasteiger partial charge in [0.05, 0.1) is 7.11 Å². The monoisotopic (exact) mass is 425 g/mol. The fraction of sp³-hybridized carbons (Fsp3) is 0.348. The lowest BCUT2D eigenvalue weighted by Gasteiger charge is -2.36. The molecular weight excluding hydrogens is 398 g/mol. The van der Waals surface area contributed by atoms with Crippen molar-refractivity contribution < 1.29 is 23.8 Å². The summed E-state index contributed by atoms with van der Waals surface area (Å²) in [5, 5.41) is 11.2. The zero-order chi connectivity index (χ0) is 21.8. The molecule has 31 heavy (non-hydrogen) atoms. The van der Waals surface area contributed by atoms with Crippen LogP contribution in [0.2, 0.25) is 0 Å². The molecule has 0 bridgehead atoms. The molecule has 8 heteroatoms. The predicted molar refractivity (Wildman–Crippen MR) is 118 cm³/mol. The second kappa shape index (κ2) is 9.28. The molecule has 1 fully saturated rings.